The van der Waals surface area contributed by atoms with E-state index in [0.29, 0.717) is 24.9 Å². The highest BCUT2D eigenvalue weighted by Gasteiger charge is 2.22. The molecule has 0 aromatic rings. The summed E-state index contributed by atoms with van der Waals surface area (Å²) in [7, 11) is 0. The van der Waals surface area contributed by atoms with Crippen LogP contribution in [0.2, 0.25) is 0 Å². The van der Waals surface area contributed by atoms with Crippen molar-refractivity contribution in [3.05, 3.63) is 0 Å². The van der Waals surface area contributed by atoms with Gasteiger partial charge < -0.3 is 10.6 Å². The van der Waals surface area contributed by atoms with Crippen LogP contribution in [0.4, 0.5) is 0 Å². The zero-order valence-electron chi connectivity index (χ0n) is 10.8. The molecule has 1 aliphatic rings. The van der Waals surface area contributed by atoms with Gasteiger partial charge in [-0.2, -0.15) is 0 Å². The first kappa shape index (κ1) is 13.5. The van der Waals surface area contributed by atoms with Crippen LogP contribution >= 0.6 is 0 Å². The third kappa shape index (κ3) is 3.76. The van der Waals surface area contributed by atoms with Crippen molar-refractivity contribution in [2.45, 2.75) is 33.2 Å². The smallest absolute Gasteiger partial charge is 0.222 e. The molecule has 1 rings (SSSR count). The average molecular weight is 227 g/mol. The molecular weight excluding hydrogens is 202 g/mol. The van der Waals surface area contributed by atoms with Crippen LogP contribution in [0.25, 0.3) is 0 Å². The Morgan fingerprint density at radius 1 is 1.19 bits per heavy atom. The molecule has 94 valence electrons. The summed E-state index contributed by atoms with van der Waals surface area (Å²) in [5, 5.41) is 0. The first-order chi connectivity index (χ1) is 7.54. The Hall–Kier alpha value is -0.610. The molecule has 1 fully saturated rings. The van der Waals surface area contributed by atoms with E-state index in [0.717, 1.165) is 26.2 Å². The third-order valence-corrected chi connectivity index (χ3v) is 3.32. The maximum Gasteiger partial charge on any atom is 0.222 e. The van der Waals surface area contributed by atoms with Crippen LogP contribution in [0.3, 0.4) is 0 Å². The van der Waals surface area contributed by atoms with E-state index in [-0.39, 0.29) is 5.91 Å². The molecule has 1 atom stereocenters. The fourth-order valence-corrected chi connectivity index (χ4v) is 2.00. The second kappa shape index (κ2) is 6.21. The number of nitrogens with zero attached hydrogens (tertiary/aromatic N) is 2. The lowest BCUT2D eigenvalue weighted by molar-refractivity contribution is -0.134. The van der Waals surface area contributed by atoms with Gasteiger partial charge in [-0.05, 0) is 26.3 Å². The van der Waals surface area contributed by atoms with Gasteiger partial charge in [0.2, 0.25) is 5.91 Å². The van der Waals surface area contributed by atoms with Gasteiger partial charge in [0.15, 0.2) is 0 Å². The zero-order chi connectivity index (χ0) is 12.1. The molecule has 1 amide bonds. The highest BCUT2D eigenvalue weighted by Crippen LogP contribution is 2.09. The second-order valence-electron chi connectivity index (χ2n) is 5.06. The molecule has 1 saturated heterocycles. The van der Waals surface area contributed by atoms with E-state index in [1.54, 1.807) is 0 Å². The summed E-state index contributed by atoms with van der Waals surface area (Å²) in [4.78, 5) is 16.3. The minimum absolute atomic E-state index is 0.265. The Labute approximate surface area is 98.8 Å². The highest BCUT2D eigenvalue weighted by atomic mass is 16.2. The lowest BCUT2D eigenvalue weighted by Crippen LogP contribution is -2.51. The maximum absolute atomic E-state index is 11.9. The number of nitrogens with two attached hydrogens (primary N) is 1. The molecule has 0 aromatic heterocycles. The molecule has 0 saturated carbocycles. The molecule has 1 heterocycles. The number of hydrogen-bond donors (Lipinski definition) is 1. The highest BCUT2D eigenvalue weighted by molar-refractivity contribution is 5.76. The fourth-order valence-electron chi connectivity index (χ4n) is 2.00. The molecule has 0 aliphatic carbocycles. The summed E-state index contributed by atoms with van der Waals surface area (Å²) in [6.45, 7) is 10.8. The van der Waals surface area contributed by atoms with Crippen molar-refractivity contribution in [3.63, 3.8) is 0 Å². The summed E-state index contributed by atoms with van der Waals surface area (Å²) in [5.41, 5.74) is 5.53. The van der Waals surface area contributed by atoms with Crippen molar-refractivity contribution in [2.24, 2.45) is 11.7 Å². The number of rotatable bonds is 4. The van der Waals surface area contributed by atoms with Crippen molar-refractivity contribution in [1.29, 1.82) is 0 Å². The Balaban J connectivity index is 2.33. The Bertz CT molecular complexity index is 222. The van der Waals surface area contributed by atoms with Gasteiger partial charge in [-0.25, -0.2) is 0 Å². The number of carbonyl (C=O) groups is 1. The summed E-state index contributed by atoms with van der Waals surface area (Å²) in [6, 6.07) is 0.584. The van der Waals surface area contributed by atoms with Crippen LogP contribution in [0.1, 0.15) is 27.2 Å². The Morgan fingerprint density at radius 2 is 1.75 bits per heavy atom. The lowest BCUT2D eigenvalue weighted by atomic mass is 10.1. The van der Waals surface area contributed by atoms with Crippen molar-refractivity contribution >= 4 is 5.91 Å². The largest absolute Gasteiger partial charge is 0.340 e. The molecule has 1 aliphatic heterocycles. The monoisotopic (exact) mass is 227 g/mol. The molecular formula is C12H25N3O. The van der Waals surface area contributed by atoms with E-state index >= 15 is 0 Å². The Morgan fingerprint density at radius 3 is 2.19 bits per heavy atom. The van der Waals surface area contributed by atoms with Gasteiger partial charge in [-0.1, -0.05) is 6.92 Å². The first-order valence-corrected chi connectivity index (χ1v) is 6.26. The van der Waals surface area contributed by atoms with Gasteiger partial charge in [0.1, 0.15) is 0 Å². The van der Waals surface area contributed by atoms with E-state index in [9.17, 15) is 4.79 Å². The van der Waals surface area contributed by atoms with Crippen LogP contribution < -0.4 is 5.73 Å². The number of piperazine rings is 1. The minimum atomic E-state index is 0.265. The molecule has 16 heavy (non-hydrogen) atoms. The second-order valence-corrected chi connectivity index (χ2v) is 5.06. The van der Waals surface area contributed by atoms with Gasteiger partial charge >= 0.3 is 0 Å². The van der Waals surface area contributed by atoms with Gasteiger partial charge in [0.25, 0.3) is 0 Å². The van der Waals surface area contributed by atoms with Crippen LogP contribution in [0.5, 0.6) is 0 Å². The number of hydrogen-bond acceptors (Lipinski definition) is 3. The normalized spacial score (nSPS) is 20.2. The van der Waals surface area contributed by atoms with Gasteiger partial charge in [0.05, 0.1) is 0 Å². The molecule has 4 nitrogen and oxygen atoms in total. The molecule has 0 radical (unpaired) electrons. The van der Waals surface area contributed by atoms with E-state index < -0.39 is 0 Å². The van der Waals surface area contributed by atoms with E-state index in [2.05, 4.69) is 18.7 Å². The number of carbonyl (C=O) groups excluding carboxylic acids is 1. The van der Waals surface area contributed by atoms with Crippen molar-refractivity contribution in [1.82, 2.24) is 9.80 Å². The fraction of sp³-hybridized carbons (Fsp3) is 0.917. The van der Waals surface area contributed by atoms with Crippen LogP contribution in [0.15, 0.2) is 0 Å². The van der Waals surface area contributed by atoms with Crippen LogP contribution in [-0.4, -0.2) is 54.5 Å². The minimum Gasteiger partial charge on any atom is -0.340 e. The van der Waals surface area contributed by atoms with E-state index in [1.165, 1.54) is 0 Å². The van der Waals surface area contributed by atoms with E-state index in [4.69, 9.17) is 5.73 Å². The zero-order valence-corrected chi connectivity index (χ0v) is 10.8. The third-order valence-electron chi connectivity index (χ3n) is 3.32. The predicted octanol–water partition coefficient (Wildman–Crippen LogP) is 0.524. The summed E-state index contributed by atoms with van der Waals surface area (Å²) in [6.07, 6.45) is 0.595. The van der Waals surface area contributed by atoms with E-state index in [1.807, 2.05) is 11.8 Å². The summed E-state index contributed by atoms with van der Waals surface area (Å²) < 4.78 is 0. The van der Waals surface area contributed by atoms with Gasteiger partial charge in [-0.15, -0.1) is 0 Å². The summed E-state index contributed by atoms with van der Waals surface area (Å²) in [5.74, 6) is 0.567. The molecule has 0 bridgehead atoms. The van der Waals surface area contributed by atoms with Gasteiger partial charge in [0, 0.05) is 38.6 Å². The molecule has 2 N–H and O–H groups in total. The standard InChI is InChI=1S/C12H25N3O/c1-10(2)14-4-6-15(7-5-14)12(16)8-11(3)9-13/h10-11H,4-9,13H2,1-3H3. The SMILES string of the molecule is CC(CN)CC(=O)N1CCN(C(C)C)CC1. The Kier molecular flexibility index (Phi) is 5.22. The summed E-state index contributed by atoms with van der Waals surface area (Å²) >= 11 is 0. The average Bonchev–Trinajstić information content (AvgIpc) is 2.28. The van der Waals surface area contributed by atoms with Crippen LogP contribution in [0, 0.1) is 5.92 Å². The van der Waals surface area contributed by atoms with Gasteiger partial charge in [-0.3, -0.25) is 9.69 Å². The first-order valence-electron chi connectivity index (χ1n) is 6.26. The lowest BCUT2D eigenvalue weighted by Gasteiger charge is -2.37. The van der Waals surface area contributed by atoms with Crippen molar-refractivity contribution in [3.8, 4) is 0 Å². The quantitative estimate of drug-likeness (QED) is 0.762. The van der Waals surface area contributed by atoms with Crippen molar-refractivity contribution in [2.75, 3.05) is 32.7 Å². The maximum atomic E-state index is 11.9. The molecule has 1 unspecified atom stereocenters. The molecule has 0 spiro atoms. The molecule has 4 heteroatoms. The predicted molar refractivity (Wildman–Crippen MR) is 66.1 cm³/mol. The van der Waals surface area contributed by atoms with Crippen molar-refractivity contribution < 1.29 is 4.79 Å². The molecule has 0 aromatic carbocycles. The number of amides is 1. The van der Waals surface area contributed by atoms with Crippen LogP contribution in [-0.2, 0) is 4.79 Å². The topological polar surface area (TPSA) is 49.6 Å².